The maximum absolute atomic E-state index is 14.0. The summed E-state index contributed by atoms with van der Waals surface area (Å²) in [5, 5.41) is 1.59. The molecular weight excluding hydrogens is 391 g/mol. The molecule has 0 rings (SSSR count). The molecule has 0 fully saturated rings. The first kappa shape index (κ1) is 25.2. The van der Waals surface area contributed by atoms with Crippen LogP contribution in [-0.4, -0.2) is 47.8 Å². The Bertz CT molecular complexity index is 541. The number of hydrogen-bond acceptors (Lipinski definition) is 4. The zero-order chi connectivity index (χ0) is 22.0. The van der Waals surface area contributed by atoms with Crippen LogP contribution in [-0.2, 0) is 14.3 Å². The second-order valence-corrected chi connectivity index (χ2v) is 7.09. The first-order valence-electron chi connectivity index (χ1n) is 7.76. The summed E-state index contributed by atoms with van der Waals surface area (Å²) in [6.07, 6.45) is -8.96. The number of carbonyl (C=O) groups excluding carboxylic acids is 2. The largest absolute Gasteiger partial charge is 0.461 e. The van der Waals surface area contributed by atoms with E-state index in [-0.39, 0.29) is 6.92 Å². The number of halogens is 7. The minimum Gasteiger partial charge on any atom is -0.461 e. The van der Waals surface area contributed by atoms with E-state index in [1.54, 1.807) is 5.32 Å². The van der Waals surface area contributed by atoms with Crippen LogP contribution in [0.4, 0.5) is 35.5 Å². The van der Waals surface area contributed by atoms with Crippen LogP contribution in [0.25, 0.3) is 0 Å². The Morgan fingerprint density at radius 2 is 1.33 bits per heavy atom. The molecule has 0 aliphatic carbocycles. The fraction of sp³-hybridized carbons (Fsp3) is 0.867. The Hall–Kier alpha value is -1.75. The molecule has 0 saturated carbocycles. The lowest BCUT2D eigenvalue weighted by molar-refractivity contribution is -0.365. The van der Waals surface area contributed by atoms with Crippen LogP contribution in [0.2, 0.25) is 0 Å². The van der Waals surface area contributed by atoms with Crippen molar-refractivity contribution >= 4 is 12.1 Å². The molecule has 0 aromatic rings. The summed E-state index contributed by atoms with van der Waals surface area (Å²) in [6.45, 7) is 6.98. The molecule has 12 heteroatoms. The first-order chi connectivity index (χ1) is 11.7. The van der Waals surface area contributed by atoms with Gasteiger partial charge in [-0.25, -0.2) is 9.59 Å². The number of hydrogen-bond donors (Lipinski definition) is 1. The minimum absolute atomic E-state index is 0.267. The normalized spacial score (nSPS) is 15.9. The number of ether oxygens (including phenoxy) is 2. The fourth-order valence-corrected chi connectivity index (χ4v) is 1.81. The number of nitrogens with one attached hydrogen (secondary N) is 1. The lowest BCUT2D eigenvalue weighted by Gasteiger charge is -2.35. The van der Waals surface area contributed by atoms with Gasteiger partial charge in [-0.1, -0.05) is 6.92 Å². The molecular formula is C15H22F7NO4. The van der Waals surface area contributed by atoms with Gasteiger partial charge in [0.1, 0.15) is 11.6 Å². The lowest BCUT2D eigenvalue weighted by Crippen LogP contribution is -2.61. The molecule has 0 saturated heterocycles. The van der Waals surface area contributed by atoms with Crippen molar-refractivity contribution in [3.8, 4) is 0 Å². The molecule has 1 amide bonds. The van der Waals surface area contributed by atoms with Crippen LogP contribution < -0.4 is 5.32 Å². The summed E-state index contributed by atoms with van der Waals surface area (Å²) in [5.74, 6) is -16.8. The summed E-state index contributed by atoms with van der Waals surface area (Å²) in [4.78, 5) is 23.7. The molecule has 0 aromatic carbocycles. The van der Waals surface area contributed by atoms with E-state index in [1.165, 1.54) is 34.6 Å². The third-order valence-electron chi connectivity index (χ3n) is 3.12. The molecule has 0 aliphatic rings. The van der Waals surface area contributed by atoms with E-state index in [9.17, 15) is 40.3 Å². The Balaban J connectivity index is 5.85. The molecule has 0 radical (unpaired) electrons. The predicted molar refractivity (Wildman–Crippen MR) is 79.5 cm³/mol. The van der Waals surface area contributed by atoms with E-state index in [0.717, 1.165) is 0 Å². The van der Waals surface area contributed by atoms with Gasteiger partial charge in [0, 0.05) is 0 Å². The van der Waals surface area contributed by atoms with Crippen LogP contribution in [0, 0.1) is 5.92 Å². The fourth-order valence-electron chi connectivity index (χ4n) is 1.81. The van der Waals surface area contributed by atoms with E-state index in [1.807, 2.05) is 0 Å². The monoisotopic (exact) mass is 413 g/mol. The van der Waals surface area contributed by atoms with Crippen LogP contribution in [0.3, 0.4) is 0 Å². The van der Waals surface area contributed by atoms with E-state index in [0.29, 0.717) is 0 Å². The maximum atomic E-state index is 14.0. The highest BCUT2D eigenvalue weighted by atomic mass is 19.4. The molecule has 0 bridgehead atoms. The van der Waals surface area contributed by atoms with Gasteiger partial charge < -0.3 is 14.8 Å². The average Bonchev–Trinajstić information content (AvgIpc) is 2.39. The quantitative estimate of drug-likeness (QED) is 0.521. The highest BCUT2D eigenvalue weighted by Gasteiger charge is 2.75. The molecule has 0 spiro atoms. The number of amides is 1. The number of carbonyl (C=O) groups is 2. The zero-order valence-corrected chi connectivity index (χ0v) is 15.5. The van der Waals surface area contributed by atoms with Crippen LogP contribution in [0.15, 0.2) is 0 Å². The third-order valence-corrected chi connectivity index (χ3v) is 3.12. The summed E-state index contributed by atoms with van der Waals surface area (Å²) < 4.78 is 101. The van der Waals surface area contributed by atoms with Gasteiger partial charge >= 0.3 is 30.1 Å². The van der Waals surface area contributed by atoms with E-state index in [2.05, 4.69) is 4.74 Å². The van der Waals surface area contributed by atoms with Gasteiger partial charge in [-0.05, 0) is 34.6 Å². The predicted octanol–water partition coefficient (Wildman–Crippen LogP) is 4.30. The van der Waals surface area contributed by atoms with Crippen LogP contribution in [0.1, 0.15) is 41.5 Å². The SMILES string of the molecule is CC(C)OC(=O)C(NC(=O)OC(C)(C)C)C(C)C(F)(F)C(F)(F)C(F)(F)F. The van der Waals surface area contributed by atoms with Crippen molar-refractivity contribution in [3.05, 3.63) is 0 Å². The second kappa shape index (κ2) is 8.09. The van der Waals surface area contributed by atoms with Gasteiger partial charge in [-0.15, -0.1) is 0 Å². The molecule has 1 N–H and O–H groups in total. The van der Waals surface area contributed by atoms with Crippen molar-refractivity contribution < 1.29 is 49.8 Å². The standard InChI is InChI=1S/C15H22F7NO4/c1-7(2)26-10(24)9(23-11(25)27-12(4,5)6)8(3)13(16,17)14(18,19)15(20,21)22/h7-9H,1-6H3,(H,23,25). The molecule has 0 aliphatic heterocycles. The Labute approximate surface area is 151 Å². The second-order valence-electron chi connectivity index (χ2n) is 7.09. The van der Waals surface area contributed by atoms with Gasteiger partial charge in [0.05, 0.1) is 12.0 Å². The van der Waals surface area contributed by atoms with Gasteiger partial charge in [-0.2, -0.15) is 30.7 Å². The third kappa shape index (κ3) is 6.42. The molecule has 5 nitrogen and oxygen atoms in total. The number of alkyl carbamates (subject to hydrolysis) is 1. The van der Waals surface area contributed by atoms with Crippen LogP contribution >= 0.6 is 0 Å². The molecule has 0 heterocycles. The minimum atomic E-state index is -6.58. The molecule has 2 unspecified atom stereocenters. The average molecular weight is 413 g/mol. The Morgan fingerprint density at radius 1 is 0.889 bits per heavy atom. The van der Waals surface area contributed by atoms with E-state index in [4.69, 9.17) is 4.74 Å². The number of rotatable bonds is 6. The summed E-state index contributed by atoms with van der Waals surface area (Å²) in [7, 11) is 0. The van der Waals surface area contributed by atoms with Gasteiger partial charge in [-0.3, -0.25) is 0 Å². The van der Waals surface area contributed by atoms with Crippen molar-refractivity contribution in [1.29, 1.82) is 0 Å². The maximum Gasteiger partial charge on any atom is 0.459 e. The van der Waals surface area contributed by atoms with Crippen molar-refractivity contribution in [2.45, 2.75) is 77.3 Å². The topological polar surface area (TPSA) is 64.6 Å². The van der Waals surface area contributed by atoms with Crippen molar-refractivity contribution in [1.82, 2.24) is 5.32 Å². The van der Waals surface area contributed by atoms with Crippen molar-refractivity contribution in [2.24, 2.45) is 5.92 Å². The first-order valence-corrected chi connectivity index (χ1v) is 7.76. The van der Waals surface area contributed by atoms with Gasteiger partial charge in [0.2, 0.25) is 0 Å². The van der Waals surface area contributed by atoms with E-state index < -0.39 is 53.7 Å². The Morgan fingerprint density at radius 3 is 1.67 bits per heavy atom. The van der Waals surface area contributed by atoms with Crippen molar-refractivity contribution in [3.63, 3.8) is 0 Å². The zero-order valence-electron chi connectivity index (χ0n) is 15.5. The highest BCUT2D eigenvalue weighted by Crippen LogP contribution is 2.50. The number of alkyl halides is 7. The summed E-state index contributed by atoms with van der Waals surface area (Å²) >= 11 is 0. The lowest BCUT2D eigenvalue weighted by atomic mass is 9.90. The van der Waals surface area contributed by atoms with Gasteiger partial charge in [0.15, 0.2) is 0 Å². The highest BCUT2D eigenvalue weighted by molar-refractivity contribution is 5.82. The summed E-state index contributed by atoms with van der Waals surface area (Å²) in [6, 6.07) is -2.52. The summed E-state index contributed by atoms with van der Waals surface area (Å²) in [5.41, 5.74) is -1.15. The molecule has 27 heavy (non-hydrogen) atoms. The number of esters is 1. The molecule has 160 valence electrons. The molecule has 0 aromatic heterocycles. The Kier molecular flexibility index (Phi) is 7.57. The molecule has 2 atom stereocenters. The van der Waals surface area contributed by atoms with Crippen molar-refractivity contribution in [2.75, 3.05) is 0 Å². The van der Waals surface area contributed by atoms with Gasteiger partial charge in [0.25, 0.3) is 0 Å². The smallest absolute Gasteiger partial charge is 0.459 e. The van der Waals surface area contributed by atoms with Crippen LogP contribution in [0.5, 0.6) is 0 Å². The van der Waals surface area contributed by atoms with E-state index >= 15 is 0 Å².